The van der Waals surface area contributed by atoms with E-state index in [0.29, 0.717) is 45.1 Å². The average molecular weight is 495 g/mol. The number of rotatable bonds is 19. The van der Waals surface area contributed by atoms with Gasteiger partial charge in [0.1, 0.15) is 11.2 Å². The lowest BCUT2D eigenvalue weighted by Crippen LogP contribution is -2.45. The SMILES string of the molecule is CC#CC(CCC(CCCCC)OC1CCCCO1)C(CCCCCCC(=O)O)(C(C)=O)C(=O)O. The van der Waals surface area contributed by atoms with Crippen LogP contribution in [0.3, 0.4) is 0 Å². The normalized spacial score (nSPS) is 19.1. The molecule has 2 N–H and O–H groups in total. The van der Waals surface area contributed by atoms with E-state index in [1.54, 1.807) is 6.92 Å². The summed E-state index contributed by atoms with van der Waals surface area (Å²) >= 11 is 0. The summed E-state index contributed by atoms with van der Waals surface area (Å²) in [4.78, 5) is 36.1. The summed E-state index contributed by atoms with van der Waals surface area (Å²) < 4.78 is 12.1. The van der Waals surface area contributed by atoms with Gasteiger partial charge in [-0.1, -0.05) is 51.4 Å². The second-order valence-electron chi connectivity index (χ2n) is 9.71. The lowest BCUT2D eigenvalue weighted by atomic mass is 9.67. The molecule has 0 aromatic heterocycles. The molecule has 4 unspecified atom stereocenters. The third-order valence-electron chi connectivity index (χ3n) is 7.02. The molecule has 200 valence electrons. The quantitative estimate of drug-likeness (QED) is 0.129. The Morgan fingerprint density at radius 2 is 1.77 bits per heavy atom. The van der Waals surface area contributed by atoms with E-state index in [4.69, 9.17) is 14.6 Å². The van der Waals surface area contributed by atoms with E-state index in [1.807, 2.05) is 0 Å². The molecule has 0 radical (unpaired) electrons. The first kappa shape index (κ1) is 31.1. The molecule has 7 nitrogen and oxygen atoms in total. The van der Waals surface area contributed by atoms with Gasteiger partial charge in [-0.25, -0.2) is 0 Å². The van der Waals surface area contributed by atoms with Gasteiger partial charge >= 0.3 is 11.9 Å². The van der Waals surface area contributed by atoms with Gasteiger partial charge in [0.25, 0.3) is 0 Å². The Balaban J connectivity index is 2.92. The number of aliphatic carboxylic acids is 2. The number of carboxylic acid groups (broad SMARTS) is 2. The molecule has 1 rings (SSSR count). The van der Waals surface area contributed by atoms with Gasteiger partial charge < -0.3 is 19.7 Å². The first-order valence-corrected chi connectivity index (χ1v) is 13.4. The molecule has 1 fully saturated rings. The van der Waals surface area contributed by atoms with Gasteiger partial charge in [0.05, 0.1) is 6.10 Å². The average Bonchev–Trinajstić information content (AvgIpc) is 2.81. The number of hydrogen-bond donors (Lipinski definition) is 2. The molecule has 1 saturated heterocycles. The van der Waals surface area contributed by atoms with Gasteiger partial charge in [-0.15, -0.1) is 5.92 Å². The Kier molecular flexibility index (Phi) is 15.6. The maximum absolute atomic E-state index is 12.8. The minimum absolute atomic E-state index is 0.0553. The topological polar surface area (TPSA) is 110 Å². The van der Waals surface area contributed by atoms with E-state index in [1.165, 1.54) is 6.92 Å². The highest BCUT2D eigenvalue weighted by Crippen LogP contribution is 2.39. The maximum Gasteiger partial charge on any atom is 0.318 e. The monoisotopic (exact) mass is 494 g/mol. The van der Waals surface area contributed by atoms with E-state index >= 15 is 0 Å². The Morgan fingerprint density at radius 1 is 1.03 bits per heavy atom. The van der Waals surface area contributed by atoms with Crippen LogP contribution in [-0.2, 0) is 23.9 Å². The Bertz CT molecular complexity index is 686. The summed E-state index contributed by atoms with van der Waals surface area (Å²) in [6.07, 6.45) is 10.7. The van der Waals surface area contributed by atoms with Crippen LogP contribution < -0.4 is 0 Å². The zero-order valence-corrected chi connectivity index (χ0v) is 22.0. The third-order valence-corrected chi connectivity index (χ3v) is 7.02. The molecule has 1 aliphatic rings. The molecule has 0 amide bonds. The van der Waals surface area contributed by atoms with Gasteiger partial charge in [-0.3, -0.25) is 14.4 Å². The van der Waals surface area contributed by atoms with Gasteiger partial charge in [-0.2, -0.15) is 0 Å². The standard InChI is InChI=1S/C28H46O7/c1-4-6-9-15-24(35-26-17-11-13-21-34-26)19-18-23(14-5-2)28(22(3)29,27(32)33)20-12-8-7-10-16-25(30)31/h23-24,26H,4,6-13,15-21H2,1-3H3,(H,30,31)(H,32,33). The van der Waals surface area contributed by atoms with E-state index in [2.05, 4.69) is 18.8 Å². The first-order chi connectivity index (χ1) is 16.8. The second kappa shape index (κ2) is 17.5. The van der Waals surface area contributed by atoms with Crippen LogP contribution in [0.4, 0.5) is 0 Å². The molecule has 35 heavy (non-hydrogen) atoms. The molecule has 4 atom stereocenters. The fraction of sp³-hybridized carbons (Fsp3) is 0.821. The van der Waals surface area contributed by atoms with Gasteiger partial charge in [0.15, 0.2) is 6.29 Å². The summed E-state index contributed by atoms with van der Waals surface area (Å²) in [6, 6.07) is 0. The number of Topliss-reactive ketones (excluding diaryl/α,β-unsaturated/α-hetero) is 1. The Labute approximate surface area is 211 Å². The van der Waals surface area contributed by atoms with Crippen molar-refractivity contribution in [1.29, 1.82) is 0 Å². The molecular formula is C28H46O7. The summed E-state index contributed by atoms with van der Waals surface area (Å²) in [5, 5.41) is 19.0. The summed E-state index contributed by atoms with van der Waals surface area (Å²) in [7, 11) is 0. The van der Waals surface area contributed by atoms with E-state index in [0.717, 1.165) is 44.9 Å². The maximum atomic E-state index is 12.8. The van der Waals surface area contributed by atoms with Crippen LogP contribution in [0.25, 0.3) is 0 Å². The largest absolute Gasteiger partial charge is 0.481 e. The van der Waals surface area contributed by atoms with Crippen LogP contribution in [-0.4, -0.2) is 46.9 Å². The molecular weight excluding hydrogens is 448 g/mol. The van der Waals surface area contributed by atoms with Crippen molar-refractivity contribution in [1.82, 2.24) is 0 Å². The summed E-state index contributed by atoms with van der Waals surface area (Å²) in [6.45, 7) is 5.89. The first-order valence-electron chi connectivity index (χ1n) is 13.4. The van der Waals surface area contributed by atoms with Gasteiger partial charge in [0, 0.05) is 18.9 Å². The number of ether oxygens (including phenoxy) is 2. The highest BCUT2D eigenvalue weighted by atomic mass is 16.7. The third kappa shape index (κ3) is 11.1. The van der Waals surface area contributed by atoms with Gasteiger partial charge in [0.2, 0.25) is 0 Å². The number of carbonyl (C=O) groups excluding carboxylic acids is 1. The highest BCUT2D eigenvalue weighted by molar-refractivity contribution is 6.02. The van der Waals surface area contributed by atoms with Crippen LogP contribution in [0.15, 0.2) is 0 Å². The Hall–Kier alpha value is -1.91. The molecule has 0 spiro atoms. The molecule has 0 bridgehead atoms. The molecule has 7 heteroatoms. The van der Waals surface area contributed by atoms with Gasteiger partial charge in [-0.05, 0) is 65.2 Å². The summed E-state index contributed by atoms with van der Waals surface area (Å²) in [5.74, 6) is 3.00. The van der Waals surface area contributed by atoms with E-state index in [9.17, 15) is 19.5 Å². The van der Waals surface area contributed by atoms with Crippen molar-refractivity contribution in [3.63, 3.8) is 0 Å². The van der Waals surface area contributed by atoms with Crippen LogP contribution in [0.2, 0.25) is 0 Å². The zero-order chi connectivity index (χ0) is 26.1. The smallest absolute Gasteiger partial charge is 0.318 e. The van der Waals surface area contributed by atoms with Crippen molar-refractivity contribution >= 4 is 17.7 Å². The number of hydrogen-bond acceptors (Lipinski definition) is 5. The van der Waals surface area contributed by atoms with Crippen LogP contribution in [0.1, 0.15) is 117 Å². The number of ketones is 1. The number of unbranched alkanes of at least 4 members (excludes halogenated alkanes) is 5. The summed E-state index contributed by atoms with van der Waals surface area (Å²) in [5.41, 5.74) is -1.56. The molecule has 0 aliphatic carbocycles. The molecule has 0 aromatic carbocycles. The fourth-order valence-electron chi connectivity index (χ4n) is 4.94. The Morgan fingerprint density at radius 3 is 2.34 bits per heavy atom. The lowest BCUT2D eigenvalue weighted by Gasteiger charge is -2.34. The van der Waals surface area contributed by atoms with E-state index < -0.39 is 23.3 Å². The minimum atomic E-state index is -1.56. The van der Waals surface area contributed by atoms with Crippen LogP contribution in [0, 0.1) is 23.2 Å². The van der Waals surface area contributed by atoms with Crippen molar-refractivity contribution in [3.8, 4) is 11.8 Å². The van der Waals surface area contributed by atoms with Crippen molar-refractivity contribution in [2.75, 3.05) is 6.61 Å². The number of carboxylic acids is 2. The molecule has 1 heterocycles. The van der Waals surface area contributed by atoms with Crippen LogP contribution in [0.5, 0.6) is 0 Å². The van der Waals surface area contributed by atoms with Crippen LogP contribution >= 0.6 is 0 Å². The second-order valence-corrected chi connectivity index (χ2v) is 9.71. The highest BCUT2D eigenvalue weighted by Gasteiger charge is 2.49. The van der Waals surface area contributed by atoms with Crippen molar-refractivity contribution in [2.24, 2.45) is 11.3 Å². The fourth-order valence-corrected chi connectivity index (χ4v) is 4.94. The van der Waals surface area contributed by atoms with Crippen molar-refractivity contribution < 1.29 is 34.1 Å². The minimum Gasteiger partial charge on any atom is -0.481 e. The lowest BCUT2D eigenvalue weighted by molar-refractivity contribution is -0.191. The van der Waals surface area contributed by atoms with Crippen molar-refractivity contribution in [3.05, 3.63) is 0 Å². The zero-order valence-electron chi connectivity index (χ0n) is 22.0. The van der Waals surface area contributed by atoms with E-state index in [-0.39, 0.29) is 31.0 Å². The predicted octanol–water partition coefficient (Wildman–Crippen LogP) is 5.98. The molecule has 0 aromatic rings. The van der Waals surface area contributed by atoms with Crippen molar-refractivity contribution in [2.45, 2.75) is 129 Å². The number of carbonyl (C=O) groups is 3. The predicted molar refractivity (Wildman–Crippen MR) is 135 cm³/mol. The molecule has 0 saturated carbocycles. The molecule has 1 aliphatic heterocycles.